The maximum atomic E-state index is 13.0. The van der Waals surface area contributed by atoms with Crippen molar-refractivity contribution in [3.8, 4) is 0 Å². The number of allylic oxidation sites excluding steroid dienone is 2. The Kier molecular flexibility index (Phi) is 94.4. The van der Waals surface area contributed by atoms with E-state index in [9.17, 15) is 24.0 Å². The van der Waals surface area contributed by atoms with Crippen molar-refractivity contribution in [3.63, 3.8) is 0 Å². The zero-order valence-electron chi connectivity index (χ0n) is 64.2. The first-order valence-electron chi connectivity index (χ1n) is 36.6. The summed E-state index contributed by atoms with van der Waals surface area (Å²) in [7, 11) is 0. The van der Waals surface area contributed by atoms with Gasteiger partial charge in [0.25, 0.3) is 5.56 Å². The number of ether oxygens (including phenoxy) is 1. The first kappa shape index (κ1) is 145. The summed E-state index contributed by atoms with van der Waals surface area (Å²) < 4.78 is 7.37. The number of aromatic nitrogens is 2. The first-order valence-corrected chi connectivity index (χ1v) is 36.9. The summed E-state index contributed by atoms with van der Waals surface area (Å²) in [5, 5.41) is 17.9. The van der Waals surface area contributed by atoms with Crippen LogP contribution in [0.4, 0.5) is 0 Å². The van der Waals surface area contributed by atoms with Gasteiger partial charge in [-0.2, -0.15) is 0 Å². The SMILES string of the molecule is CC.C[C@@H]1CC(N2[C@@H]3CCC[C@H]2CC(n2c(=O)c(Cl)nc4ccccc42)C3)C[C@H](C)C1.Cl.NC1CC2CCC[C@@H](C1)C2.O=C(O)C1CC2CCC[C@H](C2)C1.O=C(O)[C@H]1CC2CC=C[C@H](C2)C1.O=C1C2CC3CC(C2)CC1C3.O=C1OC2CC3CC1C[C@@H](C3)C2.[V].[V].[V].[V].[V].[V].[V].[V].[V].[V].[V].[V].[V].[V].[V].[V].[V].[V].[V].[V].[V]. The Labute approximate surface area is 923 Å². The fourth-order valence-corrected chi connectivity index (χ4v) is 22.2. The van der Waals surface area contributed by atoms with Gasteiger partial charge in [-0.15, -0.1) is 12.4 Å². The van der Waals surface area contributed by atoms with Crippen LogP contribution in [0.25, 0.3) is 11.0 Å². The van der Waals surface area contributed by atoms with Crippen LogP contribution < -0.4 is 11.3 Å². The van der Waals surface area contributed by atoms with E-state index in [4.69, 9.17) is 32.3 Å². The van der Waals surface area contributed by atoms with Crippen molar-refractivity contribution in [3.05, 3.63) is 51.9 Å². The second-order valence-electron chi connectivity index (χ2n) is 31.9. The molecule has 16 fully saturated rings. The molecule has 4 aliphatic heterocycles. The van der Waals surface area contributed by atoms with Gasteiger partial charge in [0.15, 0.2) is 5.15 Å². The third kappa shape index (κ3) is 41.0. The molecule has 1 aromatic heterocycles. The number of nitrogens with two attached hydrogens (primary N) is 1. The number of ketones is 1. The number of carboxylic acids is 2. The molecule has 601 valence electrons. The van der Waals surface area contributed by atoms with Crippen molar-refractivity contribution in [2.75, 3.05) is 0 Å². The van der Waals surface area contributed by atoms with Crippen LogP contribution in [0.5, 0.6) is 0 Å². The Morgan fingerprint density at radius 2 is 0.836 bits per heavy atom. The number of esters is 1. The zero-order chi connectivity index (χ0) is 61.8. The van der Waals surface area contributed by atoms with Crippen molar-refractivity contribution < 1.29 is 424 Å². The number of carbonyl (C=O) groups excluding carboxylic acids is 2. The summed E-state index contributed by atoms with van der Waals surface area (Å²) in [5.74, 6) is 10.6. The van der Waals surface area contributed by atoms with Gasteiger partial charge < -0.3 is 25.3 Å². The number of carbonyl (C=O) groups is 4. The molecule has 5 heterocycles. The number of fused-ring (bicyclic) bond motifs is 10. The van der Waals surface area contributed by atoms with E-state index < -0.39 is 11.9 Å². The number of aliphatic carboxylic acids is 2. The summed E-state index contributed by atoms with van der Waals surface area (Å²) in [6, 6.07) is 10.6. The number of piperidine rings is 2. The van der Waals surface area contributed by atoms with E-state index in [1.165, 1.54) is 148 Å². The van der Waals surface area contributed by atoms with Crippen LogP contribution in [0.15, 0.2) is 41.2 Å². The maximum absolute atomic E-state index is 13.0. The second kappa shape index (κ2) is 71.7. The van der Waals surface area contributed by atoms with Crippen LogP contribution in [0.3, 0.4) is 0 Å². The Balaban J connectivity index is -0.000000104. The zero-order valence-corrected chi connectivity index (χ0v) is 95.1. The normalized spacial score (nSPS) is 33.4. The average molecular weight is 2340 g/mol. The van der Waals surface area contributed by atoms with Crippen LogP contribution in [0.2, 0.25) is 5.15 Å². The largest absolute Gasteiger partial charge is 0.481 e. The van der Waals surface area contributed by atoms with Gasteiger partial charge in [0.05, 0.1) is 28.8 Å². The molecule has 16 bridgehead atoms. The summed E-state index contributed by atoms with van der Waals surface area (Å²) in [6.45, 7) is 8.85. The van der Waals surface area contributed by atoms with Crippen LogP contribution in [-0.4, -0.2) is 78.6 Å². The number of nitrogens with zero attached hydrogens (tertiary/aromatic N) is 3. The van der Waals surface area contributed by atoms with Gasteiger partial charge in [0, 0.05) is 432 Å². The van der Waals surface area contributed by atoms with Gasteiger partial charge in [-0.1, -0.05) is 109 Å². The molecule has 12 saturated carbocycles. The van der Waals surface area contributed by atoms with Crippen LogP contribution in [0.1, 0.15) is 252 Å². The number of benzene rings is 1. The Morgan fingerprint density at radius 1 is 0.445 bits per heavy atom. The molecule has 12 nitrogen and oxygen atoms in total. The minimum Gasteiger partial charge on any atom is -0.481 e. The summed E-state index contributed by atoms with van der Waals surface area (Å²) in [6.07, 6.45) is 46.7. The number of hydrogen-bond acceptors (Lipinski definition) is 9. The minimum absolute atomic E-state index is 0. The molecular weight excluding hydrogens is 2230 g/mol. The van der Waals surface area contributed by atoms with Crippen molar-refractivity contribution in [2.24, 2.45) is 106 Å². The summed E-state index contributed by atoms with van der Waals surface area (Å²) in [4.78, 5) is 64.8. The number of rotatable bonds is 4. The number of halogens is 2. The van der Waals surface area contributed by atoms with E-state index in [1.807, 2.05) is 42.7 Å². The number of Topliss-reactive ketones (excluding diaryl/α,β-unsaturated/α-hetero) is 1. The monoisotopic (exact) mass is 2340 g/mol. The maximum Gasteiger partial charge on any atom is 0.309 e. The molecule has 1 aromatic carbocycles. The molecule has 19 atom stereocenters. The van der Waals surface area contributed by atoms with E-state index in [0.717, 1.165) is 147 Å². The molecule has 4 N–H and O–H groups in total. The van der Waals surface area contributed by atoms with Crippen LogP contribution in [0, 0.1) is 101 Å². The smallest absolute Gasteiger partial charge is 0.309 e. The molecule has 21 radical (unpaired) electrons. The first-order chi connectivity index (χ1) is 42.5. The molecule has 0 spiro atoms. The van der Waals surface area contributed by atoms with Crippen LogP contribution >= 0.6 is 24.0 Å². The van der Waals surface area contributed by atoms with Crippen LogP contribution in [-0.2, 0) is 414 Å². The van der Waals surface area contributed by atoms with Crippen molar-refractivity contribution in [1.82, 2.24) is 14.5 Å². The quantitative estimate of drug-likeness (QED) is 0.196. The van der Waals surface area contributed by atoms with Crippen molar-refractivity contribution >= 4 is 58.7 Å². The van der Waals surface area contributed by atoms with Gasteiger partial charge in [-0.25, -0.2) is 4.98 Å². The third-order valence-electron chi connectivity index (χ3n) is 25.1. The van der Waals surface area contributed by atoms with Gasteiger partial charge in [0.2, 0.25) is 0 Å². The minimum atomic E-state index is -0.597. The fraction of sp³-hybridized carbons (Fsp3) is 0.813. The average Bonchev–Trinajstić information content (AvgIpc) is 0.840. The molecule has 4 saturated heterocycles. The Morgan fingerprint density at radius 3 is 1.28 bits per heavy atom. The van der Waals surface area contributed by atoms with E-state index in [1.54, 1.807) is 0 Å². The van der Waals surface area contributed by atoms with Gasteiger partial charge in [0.1, 0.15) is 11.9 Å². The molecule has 35 heteroatoms. The predicted molar refractivity (Wildman–Crippen MR) is 357 cm³/mol. The fourth-order valence-electron chi connectivity index (χ4n) is 22.0. The van der Waals surface area contributed by atoms with Crippen molar-refractivity contribution in [1.29, 1.82) is 0 Å². The van der Waals surface area contributed by atoms with Gasteiger partial charge in [-0.05, 0) is 257 Å². The summed E-state index contributed by atoms with van der Waals surface area (Å²) in [5.41, 5.74) is 7.55. The van der Waals surface area contributed by atoms with Gasteiger partial charge in [-0.3, -0.25) is 28.9 Å². The molecule has 0 amide bonds. The van der Waals surface area contributed by atoms with Crippen molar-refractivity contribution in [2.45, 2.75) is 282 Å². The standard InChI is InChI=1S/C24H32ClN3O.C10H14O2.C10H16O2.C10H14O2.C10H14O.C9H17N.C2H6.ClH.21V/c1-15-10-16(2)12-19(11-15)27-17-6-5-7-18(27)14-20(13-17)28-22-9-4-3-8-21(22)26-23(25)24(28)29;11-10-8-2-6-1-7(3-8)5-9(4-6)12-10;2*11-10(12)9-5-7-2-1-3-8(4-7)6-9;11-10-8-2-6-1-7(4-8)5-9(10)3-6;10-9-5-7-2-1-3-8(4-7)6-9;1-2;;;;;;;;;;;;;;;;;;;;;;/h3-4,8-9,15-20H,5-7,10-14H2,1-2H3;6-9H,1-5H2;7-9H,1-6H2,(H,11,12);1-2,7-9H,3-6H2,(H,11,12);6-9H,1-5H2;7-9H,1-6,10H2;1-2H3;1H;;;;;;;;;;;;;;;;;;;;;/t15-,16+,17-,18+,19?,20?;6-,7?,8?,9?;7-,8?,9?;7-,8?,9-;;7-,8?,9?;;;;;;;;;;;;;;;;;;;;;;;/m.111.1......................./s1. The number of hydrogen-bond donors (Lipinski definition) is 3. The molecule has 110 heavy (non-hydrogen) atoms. The third-order valence-corrected chi connectivity index (χ3v) is 25.3. The molecular formula is C75H114Cl2N4O8V21. The topological polar surface area (TPSA) is 182 Å². The molecule has 10 unspecified atom stereocenters. The summed E-state index contributed by atoms with van der Waals surface area (Å²) >= 11 is 6.26. The van der Waals surface area contributed by atoms with E-state index in [2.05, 4.69) is 35.9 Å². The molecule has 19 rings (SSSR count). The molecule has 17 aliphatic rings. The molecule has 2 aromatic rings. The predicted octanol–water partition coefficient (Wildman–Crippen LogP) is 16.8. The van der Waals surface area contributed by atoms with E-state index in [0.29, 0.717) is 47.6 Å². The Hall–Kier alpha value is 8.95. The molecule has 13 aliphatic carbocycles. The number of para-hydroxylation sites is 2. The Bertz CT molecular complexity index is 2770. The second-order valence-corrected chi connectivity index (χ2v) is 32.2. The van der Waals surface area contributed by atoms with Gasteiger partial charge >= 0.3 is 17.9 Å². The number of carboxylic acid groups (broad SMARTS) is 2. The van der Waals surface area contributed by atoms with E-state index >= 15 is 0 Å². The van der Waals surface area contributed by atoms with E-state index in [-0.39, 0.29) is 449 Å².